The number of rotatable bonds is 6. The van der Waals surface area contributed by atoms with Crippen LogP contribution in [0, 0.1) is 17.1 Å². The summed E-state index contributed by atoms with van der Waals surface area (Å²) in [5, 5.41) is 18.6. The van der Waals surface area contributed by atoms with E-state index in [2.05, 4.69) is 20.6 Å². The van der Waals surface area contributed by atoms with Crippen LogP contribution in [0.25, 0.3) is 11.3 Å². The zero-order valence-corrected chi connectivity index (χ0v) is 21.7. The van der Waals surface area contributed by atoms with Crippen molar-refractivity contribution in [1.29, 1.82) is 5.26 Å². The molecule has 2 heterocycles. The van der Waals surface area contributed by atoms with Crippen molar-refractivity contribution in [2.24, 2.45) is 0 Å². The number of likely N-dealkylation sites (N-methyl/N-ethyl adjacent to an activating group) is 1. The number of nitrogen functional groups attached to an aromatic ring is 1. The summed E-state index contributed by atoms with van der Waals surface area (Å²) >= 11 is 0. The molecule has 210 valence electrons. The molecule has 1 saturated carbocycles. The largest absolute Gasteiger partial charge is 0.416 e. The van der Waals surface area contributed by atoms with Gasteiger partial charge in [-0.15, -0.1) is 0 Å². The number of hydrogen-bond donors (Lipinski definition) is 3. The molecule has 40 heavy (non-hydrogen) atoms. The second-order valence-electron chi connectivity index (χ2n) is 10.1. The summed E-state index contributed by atoms with van der Waals surface area (Å²) in [5.74, 6) is -0.593. The Hall–Kier alpha value is -4.15. The molecule has 13 heteroatoms. The average Bonchev–Trinajstić information content (AvgIpc) is 3.69. The Morgan fingerprint density at radius 1 is 1.12 bits per heavy atom. The number of nitriles is 1. The Balaban J connectivity index is 1.29. The summed E-state index contributed by atoms with van der Waals surface area (Å²) in [6, 6.07) is 8.73. The molecule has 0 bridgehead atoms. The number of piperazine rings is 1. The summed E-state index contributed by atoms with van der Waals surface area (Å²) in [6.07, 6.45) is -2.83. The molecule has 2 fully saturated rings. The van der Waals surface area contributed by atoms with Crippen molar-refractivity contribution in [3.8, 4) is 17.3 Å². The van der Waals surface area contributed by atoms with Crippen molar-refractivity contribution in [1.82, 2.24) is 19.6 Å². The lowest BCUT2D eigenvalue weighted by Gasteiger charge is -2.33. The maximum atomic E-state index is 14.9. The number of carbonyl (C=O) groups is 1. The number of amides is 2. The molecule has 5 rings (SSSR count). The van der Waals surface area contributed by atoms with Crippen LogP contribution in [-0.2, 0) is 12.7 Å². The van der Waals surface area contributed by atoms with Gasteiger partial charge < -0.3 is 21.3 Å². The lowest BCUT2D eigenvalue weighted by Crippen LogP contribution is -2.44. The first-order valence-electron chi connectivity index (χ1n) is 12.8. The molecular formula is C27H28F4N8O. The van der Waals surface area contributed by atoms with E-state index in [-0.39, 0.29) is 46.6 Å². The number of nitrogens with one attached hydrogen (secondary N) is 2. The summed E-state index contributed by atoms with van der Waals surface area (Å²) in [4.78, 5) is 16.6. The third-order valence-electron chi connectivity index (χ3n) is 7.11. The van der Waals surface area contributed by atoms with Gasteiger partial charge >= 0.3 is 12.2 Å². The minimum Gasteiger partial charge on any atom is -0.383 e. The Kier molecular flexibility index (Phi) is 7.39. The molecule has 0 unspecified atom stereocenters. The van der Waals surface area contributed by atoms with Gasteiger partial charge in [0.25, 0.3) is 0 Å². The van der Waals surface area contributed by atoms with Crippen LogP contribution in [0.15, 0.2) is 36.4 Å². The van der Waals surface area contributed by atoms with Gasteiger partial charge in [-0.2, -0.15) is 23.5 Å². The van der Waals surface area contributed by atoms with E-state index in [1.165, 1.54) is 24.3 Å². The Bertz CT molecular complexity index is 1470. The highest BCUT2D eigenvalue weighted by atomic mass is 19.4. The minimum atomic E-state index is -4.61. The van der Waals surface area contributed by atoms with Gasteiger partial charge in [0.15, 0.2) is 0 Å². The zero-order valence-electron chi connectivity index (χ0n) is 21.7. The Morgan fingerprint density at radius 2 is 1.85 bits per heavy atom. The number of hydrogen-bond acceptors (Lipinski definition) is 6. The van der Waals surface area contributed by atoms with Crippen molar-refractivity contribution in [2.75, 3.05) is 49.6 Å². The van der Waals surface area contributed by atoms with Gasteiger partial charge in [0.1, 0.15) is 29.0 Å². The van der Waals surface area contributed by atoms with Gasteiger partial charge in [0.05, 0.1) is 17.3 Å². The molecule has 1 aliphatic carbocycles. The normalized spacial score (nSPS) is 16.5. The number of aromatic nitrogens is 2. The van der Waals surface area contributed by atoms with Crippen LogP contribution < -0.4 is 16.4 Å². The molecule has 3 aromatic rings. The lowest BCUT2D eigenvalue weighted by atomic mass is 10.0. The molecule has 0 radical (unpaired) electrons. The monoisotopic (exact) mass is 556 g/mol. The summed E-state index contributed by atoms with van der Waals surface area (Å²) < 4.78 is 58.0. The smallest absolute Gasteiger partial charge is 0.383 e. The molecule has 2 aromatic carbocycles. The number of nitrogens with zero attached hydrogens (tertiary/aromatic N) is 5. The highest BCUT2D eigenvalue weighted by molar-refractivity contribution is 6.00. The van der Waals surface area contributed by atoms with Crippen molar-refractivity contribution >= 4 is 23.2 Å². The average molecular weight is 557 g/mol. The van der Waals surface area contributed by atoms with Gasteiger partial charge in [-0.05, 0) is 49.7 Å². The van der Waals surface area contributed by atoms with Gasteiger partial charge in [0, 0.05) is 44.0 Å². The van der Waals surface area contributed by atoms with Crippen molar-refractivity contribution in [3.63, 3.8) is 0 Å². The Morgan fingerprint density at radius 3 is 2.48 bits per heavy atom. The molecule has 2 aliphatic rings. The maximum absolute atomic E-state index is 14.9. The number of nitrogens with two attached hydrogens (primary N) is 1. The molecule has 1 aromatic heterocycles. The fourth-order valence-electron chi connectivity index (χ4n) is 4.71. The second-order valence-corrected chi connectivity index (χ2v) is 10.1. The van der Waals surface area contributed by atoms with Crippen molar-refractivity contribution in [3.05, 3.63) is 58.9 Å². The number of alkyl halides is 3. The predicted molar refractivity (Wildman–Crippen MR) is 142 cm³/mol. The quantitative estimate of drug-likeness (QED) is 0.373. The van der Waals surface area contributed by atoms with E-state index < -0.39 is 23.6 Å². The van der Waals surface area contributed by atoms with E-state index in [4.69, 9.17) is 5.73 Å². The number of urea groups is 1. The van der Waals surface area contributed by atoms with E-state index >= 15 is 0 Å². The second kappa shape index (κ2) is 10.8. The van der Waals surface area contributed by atoms with Gasteiger partial charge in [0.2, 0.25) is 0 Å². The molecule has 2 amide bonds. The number of carbonyl (C=O) groups excluding carboxylic acids is 1. The van der Waals surface area contributed by atoms with E-state index in [0.29, 0.717) is 18.7 Å². The van der Waals surface area contributed by atoms with E-state index in [9.17, 15) is 27.6 Å². The molecule has 1 saturated heterocycles. The highest BCUT2D eigenvalue weighted by Gasteiger charge is 2.34. The van der Waals surface area contributed by atoms with Gasteiger partial charge in [-0.3, -0.25) is 4.90 Å². The SMILES string of the molecule is CN1CCN(Cc2ccc(NC(=O)Nc3ccc(-c4nn(C5CC5)c(N)c4C#N)cc3F)cc2C(F)(F)F)CC1. The third kappa shape index (κ3) is 5.88. The predicted octanol–water partition coefficient (Wildman–Crippen LogP) is 4.89. The number of benzene rings is 2. The first-order chi connectivity index (χ1) is 19.0. The van der Waals surface area contributed by atoms with E-state index in [1.54, 1.807) is 4.68 Å². The first kappa shape index (κ1) is 27.4. The summed E-state index contributed by atoms with van der Waals surface area (Å²) in [7, 11) is 1.97. The van der Waals surface area contributed by atoms with Gasteiger partial charge in [-0.25, -0.2) is 13.9 Å². The highest BCUT2D eigenvalue weighted by Crippen LogP contribution is 2.40. The molecule has 9 nitrogen and oxygen atoms in total. The molecular weight excluding hydrogens is 528 g/mol. The van der Waals surface area contributed by atoms with Crippen LogP contribution in [0.1, 0.15) is 35.6 Å². The van der Waals surface area contributed by atoms with Crippen molar-refractivity contribution in [2.45, 2.75) is 31.6 Å². The van der Waals surface area contributed by atoms with Crippen LogP contribution >= 0.6 is 0 Å². The molecule has 1 aliphatic heterocycles. The van der Waals surface area contributed by atoms with E-state index in [0.717, 1.165) is 38.1 Å². The number of anilines is 3. The van der Waals surface area contributed by atoms with Crippen molar-refractivity contribution < 1.29 is 22.4 Å². The molecule has 0 spiro atoms. The third-order valence-corrected chi connectivity index (χ3v) is 7.11. The number of halogens is 4. The van der Waals surface area contributed by atoms with Crippen LogP contribution in [0.4, 0.5) is 39.5 Å². The van der Waals surface area contributed by atoms with Crippen LogP contribution in [0.2, 0.25) is 0 Å². The molecule has 4 N–H and O–H groups in total. The molecule has 0 atom stereocenters. The first-order valence-corrected chi connectivity index (χ1v) is 12.8. The van der Waals surface area contributed by atoms with Gasteiger partial charge in [-0.1, -0.05) is 12.1 Å². The fourth-order valence-corrected chi connectivity index (χ4v) is 4.71. The summed E-state index contributed by atoms with van der Waals surface area (Å²) in [5.41, 5.74) is 5.72. The Labute approximate surface area is 228 Å². The topological polar surface area (TPSA) is 115 Å². The minimum absolute atomic E-state index is 0.0799. The van der Waals surface area contributed by atoms with E-state index in [1.807, 2.05) is 18.0 Å². The zero-order chi connectivity index (χ0) is 28.6. The standard InChI is InChI=1S/C27H28F4N8O/c1-37-8-10-38(11-9-37)15-17-2-4-18(13-21(17)27(29,30)31)34-26(40)35-23-7-3-16(12-22(23)28)24-20(14-32)25(33)39(36-24)19-5-6-19/h2-4,7,12-13,19H,5-6,8-11,15,33H2,1H3,(H2,34,35,40). The van der Waals surface area contributed by atoms with Crippen LogP contribution in [0.5, 0.6) is 0 Å². The van der Waals surface area contributed by atoms with Crippen LogP contribution in [0.3, 0.4) is 0 Å². The maximum Gasteiger partial charge on any atom is 0.416 e. The summed E-state index contributed by atoms with van der Waals surface area (Å²) in [6.45, 7) is 3.01. The van der Waals surface area contributed by atoms with Crippen LogP contribution in [-0.4, -0.2) is 58.8 Å². The lowest BCUT2D eigenvalue weighted by molar-refractivity contribution is -0.138. The fraction of sp³-hybridized carbons (Fsp3) is 0.370.